The van der Waals surface area contributed by atoms with Gasteiger partial charge in [0.15, 0.2) is 0 Å². The lowest BCUT2D eigenvalue weighted by Gasteiger charge is -2.04. The molecule has 0 unspecified atom stereocenters. The molecule has 0 saturated heterocycles. The summed E-state index contributed by atoms with van der Waals surface area (Å²) < 4.78 is 9.96. The second kappa shape index (κ2) is 11.3. The summed E-state index contributed by atoms with van der Waals surface area (Å²) in [5.41, 5.74) is 2.03. The number of carbonyl (C=O) groups excluding carboxylic acids is 1. The van der Waals surface area contributed by atoms with E-state index in [1.807, 2.05) is 5.48 Å². The Morgan fingerprint density at radius 3 is 2.31 bits per heavy atom. The van der Waals surface area contributed by atoms with Gasteiger partial charge in [-0.3, -0.25) is 9.63 Å². The zero-order valence-corrected chi connectivity index (χ0v) is 7.40. The van der Waals surface area contributed by atoms with Crippen molar-refractivity contribution in [2.24, 2.45) is 0 Å². The van der Waals surface area contributed by atoms with Gasteiger partial charge >= 0.3 is 0 Å². The first-order valence-corrected chi connectivity index (χ1v) is 3.99. The van der Waals surface area contributed by atoms with Gasteiger partial charge in [0, 0.05) is 0 Å². The van der Waals surface area contributed by atoms with Gasteiger partial charge in [-0.05, 0) is 0 Å². The minimum absolute atomic E-state index is 0.0202. The molecule has 0 atom stereocenters. The van der Waals surface area contributed by atoms with Crippen LogP contribution in [0.25, 0.3) is 0 Å². The van der Waals surface area contributed by atoms with Crippen LogP contribution in [0.4, 0.5) is 0 Å². The van der Waals surface area contributed by atoms with Crippen molar-refractivity contribution in [1.29, 1.82) is 0 Å². The monoisotopic (exact) mass is 193 g/mol. The number of hydrogen-bond donors (Lipinski definition) is 2. The normalized spacial score (nSPS) is 9.92. The number of hydrogen-bond acceptors (Lipinski definition) is 5. The van der Waals surface area contributed by atoms with Crippen molar-refractivity contribution in [3.8, 4) is 0 Å². The number of ether oxygens (including phenoxy) is 2. The first-order valence-electron chi connectivity index (χ1n) is 3.99. The molecule has 0 spiro atoms. The molecule has 13 heavy (non-hydrogen) atoms. The molecule has 0 rings (SSSR count). The van der Waals surface area contributed by atoms with Crippen molar-refractivity contribution in [1.82, 2.24) is 5.48 Å². The fourth-order valence-corrected chi connectivity index (χ4v) is 0.580. The molecule has 0 aliphatic rings. The number of nitrogens with one attached hydrogen (secondary N) is 1. The van der Waals surface area contributed by atoms with Crippen LogP contribution in [0, 0.1) is 0 Å². The Kier molecular flexibility index (Phi) is 10.7. The third-order valence-electron chi connectivity index (χ3n) is 1.07. The van der Waals surface area contributed by atoms with Gasteiger partial charge in [-0.25, -0.2) is 5.48 Å². The standard InChI is InChI=1S/C7H15NO5/c9-1-2-11-3-4-12-5-6-13-8-7-10/h7,9H,1-6H2,(H,8,10). The summed E-state index contributed by atoms with van der Waals surface area (Å²) in [6.45, 7) is 1.94. The number of aliphatic hydroxyl groups excluding tert-OH is 1. The molecular weight excluding hydrogens is 178 g/mol. The molecule has 6 heteroatoms. The maximum Gasteiger partial charge on any atom is 0.230 e. The molecule has 0 aromatic carbocycles. The zero-order valence-electron chi connectivity index (χ0n) is 7.40. The molecule has 0 aromatic heterocycles. The van der Waals surface area contributed by atoms with E-state index in [1.165, 1.54) is 0 Å². The average molecular weight is 193 g/mol. The van der Waals surface area contributed by atoms with E-state index in [2.05, 4.69) is 4.84 Å². The molecule has 6 nitrogen and oxygen atoms in total. The Hall–Kier alpha value is -0.690. The van der Waals surface area contributed by atoms with Gasteiger partial charge in [-0.2, -0.15) is 0 Å². The van der Waals surface area contributed by atoms with Crippen molar-refractivity contribution >= 4 is 6.41 Å². The Morgan fingerprint density at radius 2 is 1.69 bits per heavy atom. The molecule has 78 valence electrons. The Labute approximate surface area is 76.7 Å². The van der Waals surface area contributed by atoms with E-state index in [9.17, 15) is 4.79 Å². The van der Waals surface area contributed by atoms with Gasteiger partial charge in [-0.1, -0.05) is 0 Å². The van der Waals surface area contributed by atoms with Crippen LogP contribution in [-0.2, 0) is 19.1 Å². The molecule has 0 fully saturated rings. The fourth-order valence-electron chi connectivity index (χ4n) is 0.580. The second-order valence-electron chi connectivity index (χ2n) is 2.03. The first-order chi connectivity index (χ1) is 6.41. The van der Waals surface area contributed by atoms with E-state index in [0.29, 0.717) is 39.4 Å². The number of aliphatic hydroxyl groups is 1. The molecule has 0 bridgehead atoms. The second-order valence-corrected chi connectivity index (χ2v) is 2.03. The Morgan fingerprint density at radius 1 is 1.08 bits per heavy atom. The highest BCUT2D eigenvalue weighted by Gasteiger charge is 1.89. The highest BCUT2D eigenvalue weighted by Crippen LogP contribution is 1.78. The van der Waals surface area contributed by atoms with Gasteiger partial charge < -0.3 is 14.6 Å². The SMILES string of the molecule is O=CNOCCOCCOCCO. The van der Waals surface area contributed by atoms with Gasteiger partial charge in [-0.15, -0.1) is 0 Å². The average Bonchev–Trinajstić information content (AvgIpc) is 2.16. The van der Waals surface area contributed by atoms with Crippen LogP contribution in [0.3, 0.4) is 0 Å². The van der Waals surface area contributed by atoms with Crippen LogP contribution in [0.5, 0.6) is 0 Å². The van der Waals surface area contributed by atoms with Gasteiger partial charge in [0.1, 0.15) is 0 Å². The quantitative estimate of drug-likeness (QED) is 0.256. The van der Waals surface area contributed by atoms with Crippen molar-refractivity contribution < 1.29 is 24.2 Å². The van der Waals surface area contributed by atoms with E-state index in [0.717, 1.165) is 0 Å². The van der Waals surface area contributed by atoms with Crippen LogP contribution < -0.4 is 5.48 Å². The summed E-state index contributed by atoms with van der Waals surface area (Å²) >= 11 is 0. The van der Waals surface area contributed by atoms with Crippen molar-refractivity contribution in [2.75, 3.05) is 39.6 Å². The molecule has 0 aromatic rings. The summed E-state index contributed by atoms with van der Waals surface area (Å²) in [5, 5.41) is 8.34. The Balaban J connectivity index is 2.79. The predicted molar refractivity (Wildman–Crippen MR) is 43.9 cm³/mol. The van der Waals surface area contributed by atoms with Gasteiger partial charge in [0.25, 0.3) is 0 Å². The van der Waals surface area contributed by atoms with E-state index in [-0.39, 0.29) is 6.61 Å². The lowest BCUT2D eigenvalue weighted by Crippen LogP contribution is -2.17. The number of amides is 1. The van der Waals surface area contributed by atoms with Crippen LogP contribution in [-0.4, -0.2) is 51.2 Å². The zero-order chi connectivity index (χ0) is 9.78. The minimum atomic E-state index is 0.0202. The van der Waals surface area contributed by atoms with Crippen molar-refractivity contribution in [3.05, 3.63) is 0 Å². The molecule has 0 aliphatic carbocycles. The smallest absolute Gasteiger partial charge is 0.230 e. The lowest BCUT2D eigenvalue weighted by atomic mass is 10.7. The third kappa shape index (κ3) is 11.3. The largest absolute Gasteiger partial charge is 0.394 e. The first kappa shape index (κ1) is 12.3. The Bertz CT molecular complexity index is 111. The maximum absolute atomic E-state index is 9.69. The summed E-state index contributed by atoms with van der Waals surface area (Å²) in [7, 11) is 0. The summed E-state index contributed by atoms with van der Waals surface area (Å²) in [5.74, 6) is 0. The third-order valence-corrected chi connectivity index (χ3v) is 1.07. The summed E-state index contributed by atoms with van der Waals surface area (Å²) in [6, 6.07) is 0. The number of hydroxylamine groups is 1. The van der Waals surface area contributed by atoms with E-state index in [4.69, 9.17) is 14.6 Å². The molecule has 2 N–H and O–H groups in total. The van der Waals surface area contributed by atoms with Gasteiger partial charge in [0.05, 0.1) is 39.6 Å². The highest BCUT2D eigenvalue weighted by molar-refractivity contribution is 5.43. The van der Waals surface area contributed by atoms with Crippen LogP contribution in [0.1, 0.15) is 0 Å². The van der Waals surface area contributed by atoms with E-state index >= 15 is 0 Å². The molecule has 0 radical (unpaired) electrons. The summed E-state index contributed by atoms with van der Waals surface area (Å²) in [6.07, 6.45) is 0.449. The minimum Gasteiger partial charge on any atom is -0.394 e. The molecule has 0 aliphatic heterocycles. The molecule has 0 heterocycles. The van der Waals surface area contributed by atoms with Crippen molar-refractivity contribution in [3.63, 3.8) is 0 Å². The van der Waals surface area contributed by atoms with Crippen LogP contribution in [0.2, 0.25) is 0 Å². The highest BCUT2D eigenvalue weighted by atomic mass is 16.7. The predicted octanol–water partition coefficient (Wildman–Crippen LogP) is -1.31. The lowest BCUT2D eigenvalue weighted by molar-refractivity contribution is -0.122. The van der Waals surface area contributed by atoms with Crippen LogP contribution in [0.15, 0.2) is 0 Å². The topological polar surface area (TPSA) is 77.0 Å². The van der Waals surface area contributed by atoms with E-state index in [1.54, 1.807) is 0 Å². The molecule has 0 saturated carbocycles. The summed E-state index contributed by atoms with van der Waals surface area (Å²) in [4.78, 5) is 14.3. The fraction of sp³-hybridized carbons (Fsp3) is 0.857. The molecule has 1 amide bonds. The van der Waals surface area contributed by atoms with Gasteiger partial charge in [0.2, 0.25) is 6.41 Å². The van der Waals surface area contributed by atoms with E-state index < -0.39 is 0 Å². The maximum atomic E-state index is 9.69. The van der Waals surface area contributed by atoms with Crippen molar-refractivity contribution in [2.45, 2.75) is 0 Å². The van der Waals surface area contributed by atoms with Crippen LogP contribution >= 0.6 is 0 Å². The molecular formula is C7H15NO5. The number of carbonyl (C=O) groups is 1. The number of rotatable bonds is 10.